The molecule has 0 heterocycles. The lowest BCUT2D eigenvalue weighted by Gasteiger charge is -2.06. The van der Waals surface area contributed by atoms with Crippen LogP contribution in [0.5, 0.6) is 0 Å². The predicted octanol–water partition coefficient (Wildman–Crippen LogP) is 3.22. The molecule has 68 valence electrons. The van der Waals surface area contributed by atoms with Crippen molar-refractivity contribution in [1.29, 1.82) is 0 Å². The highest BCUT2D eigenvalue weighted by Crippen LogP contribution is 2.06. The van der Waals surface area contributed by atoms with Gasteiger partial charge in [-0.3, -0.25) is 0 Å². The normalized spacial score (nSPS) is 13.9. The Morgan fingerprint density at radius 1 is 1.27 bits per heavy atom. The predicted molar refractivity (Wildman–Crippen MR) is 53.3 cm³/mol. The highest BCUT2D eigenvalue weighted by atomic mass is 79.9. The molecule has 0 rings (SSSR count). The Morgan fingerprint density at radius 3 is 2.36 bits per heavy atom. The van der Waals surface area contributed by atoms with Crippen LogP contribution in [0.15, 0.2) is 0 Å². The third-order valence-corrected chi connectivity index (χ3v) is 1.80. The molecule has 0 radical (unpaired) electrons. The van der Waals surface area contributed by atoms with E-state index in [1.54, 1.807) is 0 Å². The van der Waals surface area contributed by atoms with Crippen molar-refractivity contribution in [1.82, 2.24) is 0 Å². The number of rotatable bonds is 6. The Kier molecular flexibility index (Phi) is 7.39. The summed E-state index contributed by atoms with van der Waals surface area (Å²) >= 11 is 3.50. The summed E-state index contributed by atoms with van der Waals surface area (Å²) in [5.41, 5.74) is 0. The summed E-state index contributed by atoms with van der Waals surface area (Å²) in [5, 5.41) is 0. The van der Waals surface area contributed by atoms with Gasteiger partial charge in [0.1, 0.15) is 0 Å². The van der Waals surface area contributed by atoms with E-state index in [9.17, 15) is 0 Å². The minimum atomic E-state index is 0.630. The van der Waals surface area contributed by atoms with E-state index in [0.717, 1.165) is 13.2 Å². The van der Waals surface area contributed by atoms with E-state index in [4.69, 9.17) is 4.74 Å². The summed E-state index contributed by atoms with van der Waals surface area (Å²) in [6.45, 7) is 8.33. The van der Waals surface area contributed by atoms with Crippen molar-refractivity contribution in [3.8, 4) is 0 Å². The van der Waals surface area contributed by atoms with Gasteiger partial charge in [-0.15, -0.1) is 0 Å². The molecule has 11 heavy (non-hydrogen) atoms. The van der Waals surface area contributed by atoms with Crippen molar-refractivity contribution >= 4 is 15.9 Å². The Balaban J connectivity index is 2.91. The smallest absolute Gasteiger partial charge is 0.0488 e. The van der Waals surface area contributed by atoms with Gasteiger partial charge in [0.2, 0.25) is 0 Å². The number of ether oxygens (including phenoxy) is 1. The van der Waals surface area contributed by atoms with E-state index in [1.807, 2.05) is 0 Å². The van der Waals surface area contributed by atoms with E-state index >= 15 is 0 Å². The second-order valence-electron chi connectivity index (χ2n) is 3.39. The Morgan fingerprint density at radius 2 is 1.91 bits per heavy atom. The lowest BCUT2D eigenvalue weighted by Crippen LogP contribution is -2.04. The van der Waals surface area contributed by atoms with Crippen molar-refractivity contribution in [3.05, 3.63) is 0 Å². The number of halogens is 1. The fourth-order valence-corrected chi connectivity index (χ4v) is 1.11. The Hall–Kier alpha value is 0.440. The third kappa shape index (κ3) is 10.4. The molecule has 0 aliphatic carbocycles. The molecule has 0 amide bonds. The first kappa shape index (κ1) is 11.4. The van der Waals surface area contributed by atoms with Gasteiger partial charge in [0.25, 0.3) is 0 Å². The Labute approximate surface area is 78.6 Å². The number of hydrogen-bond acceptors (Lipinski definition) is 1. The molecular weight excluding hydrogens is 204 g/mol. The molecule has 0 saturated heterocycles. The average Bonchev–Trinajstić information content (AvgIpc) is 1.85. The zero-order valence-electron chi connectivity index (χ0n) is 7.77. The number of alkyl halides is 1. The van der Waals surface area contributed by atoms with Crippen LogP contribution in [0.4, 0.5) is 0 Å². The maximum absolute atomic E-state index is 5.42. The lowest BCUT2D eigenvalue weighted by molar-refractivity contribution is 0.107. The van der Waals surface area contributed by atoms with Crippen LogP contribution >= 0.6 is 15.9 Å². The van der Waals surface area contributed by atoms with E-state index in [0.29, 0.717) is 10.7 Å². The molecule has 0 bridgehead atoms. The van der Waals surface area contributed by atoms with Gasteiger partial charge >= 0.3 is 0 Å². The molecule has 0 aromatic heterocycles. The first-order valence-electron chi connectivity index (χ1n) is 4.34. The van der Waals surface area contributed by atoms with Crippen molar-refractivity contribution in [3.63, 3.8) is 0 Å². The minimum Gasteiger partial charge on any atom is -0.381 e. The molecule has 1 unspecified atom stereocenters. The van der Waals surface area contributed by atoms with Crippen molar-refractivity contribution < 1.29 is 4.74 Å². The molecule has 0 saturated carbocycles. The van der Waals surface area contributed by atoms with E-state index in [-0.39, 0.29) is 0 Å². The second kappa shape index (κ2) is 7.11. The summed E-state index contributed by atoms with van der Waals surface area (Å²) < 4.78 is 5.42. The SMILES string of the molecule is CC(C)COCCCC(C)Br. The van der Waals surface area contributed by atoms with Gasteiger partial charge in [-0.05, 0) is 18.8 Å². The summed E-state index contributed by atoms with van der Waals surface area (Å²) in [5.74, 6) is 0.663. The highest BCUT2D eigenvalue weighted by molar-refractivity contribution is 9.09. The quantitative estimate of drug-likeness (QED) is 0.496. The third-order valence-electron chi connectivity index (χ3n) is 1.34. The molecule has 0 fully saturated rings. The largest absolute Gasteiger partial charge is 0.381 e. The summed E-state index contributed by atoms with van der Waals surface area (Å²) in [7, 11) is 0. The van der Waals surface area contributed by atoms with Gasteiger partial charge in [-0.25, -0.2) is 0 Å². The fourth-order valence-electron chi connectivity index (χ4n) is 0.786. The maximum atomic E-state index is 5.42. The van der Waals surface area contributed by atoms with Gasteiger partial charge in [-0.2, -0.15) is 0 Å². The molecule has 0 aliphatic heterocycles. The molecule has 0 spiro atoms. The average molecular weight is 223 g/mol. The molecule has 1 atom stereocenters. The zero-order valence-corrected chi connectivity index (χ0v) is 9.36. The second-order valence-corrected chi connectivity index (χ2v) is 4.95. The molecule has 0 aromatic rings. The highest BCUT2D eigenvalue weighted by Gasteiger charge is 1.96. The summed E-state index contributed by atoms with van der Waals surface area (Å²) in [6.07, 6.45) is 2.37. The summed E-state index contributed by atoms with van der Waals surface area (Å²) in [6, 6.07) is 0. The number of hydrogen-bond donors (Lipinski definition) is 0. The first-order valence-corrected chi connectivity index (χ1v) is 5.26. The summed E-state index contributed by atoms with van der Waals surface area (Å²) in [4.78, 5) is 0.630. The van der Waals surface area contributed by atoms with Crippen molar-refractivity contribution in [2.45, 2.75) is 38.4 Å². The molecule has 0 aromatic carbocycles. The van der Waals surface area contributed by atoms with Gasteiger partial charge < -0.3 is 4.74 Å². The van der Waals surface area contributed by atoms with E-state index in [2.05, 4.69) is 36.7 Å². The van der Waals surface area contributed by atoms with Crippen LogP contribution in [0, 0.1) is 5.92 Å². The Bertz CT molecular complexity index is 71.6. The first-order chi connectivity index (χ1) is 5.13. The van der Waals surface area contributed by atoms with Crippen LogP contribution in [0.3, 0.4) is 0 Å². The van der Waals surface area contributed by atoms with Crippen LogP contribution in [0.25, 0.3) is 0 Å². The van der Waals surface area contributed by atoms with Gasteiger partial charge in [0, 0.05) is 18.0 Å². The lowest BCUT2D eigenvalue weighted by atomic mass is 10.2. The van der Waals surface area contributed by atoms with Gasteiger partial charge in [0.15, 0.2) is 0 Å². The van der Waals surface area contributed by atoms with Crippen LogP contribution in [0.1, 0.15) is 33.6 Å². The maximum Gasteiger partial charge on any atom is 0.0488 e. The fraction of sp³-hybridized carbons (Fsp3) is 1.00. The topological polar surface area (TPSA) is 9.23 Å². The molecule has 0 aliphatic rings. The minimum absolute atomic E-state index is 0.630. The molecule has 2 heteroatoms. The molecular formula is C9H19BrO. The molecule has 1 nitrogen and oxygen atoms in total. The van der Waals surface area contributed by atoms with Crippen LogP contribution in [-0.2, 0) is 4.74 Å². The standard InChI is InChI=1S/C9H19BrO/c1-8(2)7-11-6-4-5-9(3)10/h8-9H,4-7H2,1-3H3. The van der Waals surface area contributed by atoms with Crippen molar-refractivity contribution in [2.75, 3.05) is 13.2 Å². The molecule has 0 N–H and O–H groups in total. The van der Waals surface area contributed by atoms with Crippen LogP contribution in [-0.4, -0.2) is 18.0 Å². The monoisotopic (exact) mass is 222 g/mol. The van der Waals surface area contributed by atoms with Gasteiger partial charge in [-0.1, -0.05) is 36.7 Å². The zero-order chi connectivity index (χ0) is 8.69. The van der Waals surface area contributed by atoms with Crippen LogP contribution in [0.2, 0.25) is 0 Å². The van der Waals surface area contributed by atoms with E-state index < -0.39 is 0 Å². The van der Waals surface area contributed by atoms with E-state index in [1.165, 1.54) is 12.8 Å². The van der Waals surface area contributed by atoms with Crippen molar-refractivity contribution in [2.24, 2.45) is 5.92 Å². The van der Waals surface area contributed by atoms with Gasteiger partial charge in [0.05, 0.1) is 0 Å². The van der Waals surface area contributed by atoms with Crippen LogP contribution < -0.4 is 0 Å².